The fourth-order valence-electron chi connectivity index (χ4n) is 6.52. The van der Waals surface area contributed by atoms with Crippen molar-refractivity contribution in [2.75, 3.05) is 33.2 Å². The summed E-state index contributed by atoms with van der Waals surface area (Å²) in [4.78, 5) is 18.5. The molecule has 11 nitrogen and oxygen atoms in total. The van der Waals surface area contributed by atoms with Crippen LogP contribution in [0.3, 0.4) is 0 Å². The highest BCUT2D eigenvalue weighted by Gasteiger charge is 2.25. The van der Waals surface area contributed by atoms with E-state index in [1.807, 2.05) is 36.4 Å². The van der Waals surface area contributed by atoms with Crippen LogP contribution in [0, 0.1) is 11.8 Å². The number of anilines is 1. The number of rotatable bonds is 29. The standard InChI is InChI=1S/C31H54F3N4O4P.C11H11NO.CHN/c1-40-28(21-19-27-20-22-29-30(35)36-26-37-38(27)29)25-42-43(39)41-24-18-16-14-12-10-8-6-4-2-3-5-7-9-11-13-15-17-23-31(32,33)34;1-13-8-10-7-6-9-4-2-3-5-11(9)12-10;1-2/h20,22,26,28,39H,2-19,21,23-25H2,1H3,(H2,35,36,37);2-7H,8H2,1H3;1H. The number of para-hydroxylation sites is 1. The highest BCUT2D eigenvalue weighted by atomic mass is 31.2. The van der Waals surface area contributed by atoms with Gasteiger partial charge in [0, 0.05) is 38.3 Å². The smallest absolute Gasteiger partial charge is 0.382 e. The molecule has 0 amide bonds. The van der Waals surface area contributed by atoms with Crippen LogP contribution >= 0.6 is 8.60 Å². The number of nitrogen functional groups attached to an aromatic ring is 1. The monoisotopic (exact) mass is 834 g/mol. The number of pyridine rings is 1. The average molecular weight is 835 g/mol. The number of ether oxygens (including phenoxy) is 2. The third-order valence-corrected chi connectivity index (χ3v) is 10.5. The number of nitrogens with zero attached hydrogens (tertiary/aromatic N) is 5. The number of aryl methyl sites for hydroxylation is 1. The molecule has 2 atom stereocenters. The minimum atomic E-state index is -4.00. The van der Waals surface area contributed by atoms with Crippen molar-refractivity contribution in [1.29, 1.82) is 5.26 Å². The van der Waals surface area contributed by atoms with Crippen LogP contribution in [-0.2, 0) is 31.5 Å². The summed E-state index contributed by atoms with van der Waals surface area (Å²) < 4.78 is 59.6. The first-order valence-electron chi connectivity index (χ1n) is 20.7. The molecule has 0 aliphatic carbocycles. The number of nitriles is 1. The predicted octanol–water partition coefficient (Wildman–Crippen LogP) is 11.6. The molecule has 324 valence electrons. The number of alkyl halides is 3. The highest BCUT2D eigenvalue weighted by Crippen LogP contribution is 2.33. The van der Waals surface area contributed by atoms with E-state index in [4.69, 9.17) is 29.5 Å². The van der Waals surface area contributed by atoms with E-state index in [1.54, 1.807) is 18.7 Å². The van der Waals surface area contributed by atoms with Crippen LogP contribution in [-0.4, -0.2) is 64.2 Å². The minimum Gasteiger partial charge on any atom is -0.382 e. The molecule has 3 aromatic heterocycles. The Morgan fingerprint density at radius 2 is 1.38 bits per heavy atom. The lowest BCUT2D eigenvalue weighted by molar-refractivity contribution is -0.135. The highest BCUT2D eigenvalue weighted by molar-refractivity contribution is 7.40. The first-order chi connectivity index (χ1) is 28.2. The lowest BCUT2D eigenvalue weighted by Gasteiger charge is -2.17. The number of hydrogen-bond donors (Lipinski definition) is 2. The van der Waals surface area contributed by atoms with E-state index < -0.39 is 21.2 Å². The lowest BCUT2D eigenvalue weighted by Crippen LogP contribution is -2.18. The molecule has 4 aromatic rings. The van der Waals surface area contributed by atoms with E-state index in [1.165, 1.54) is 75.9 Å². The van der Waals surface area contributed by atoms with Crippen LogP contribution in [0.4, 0.5) is 19.0 Å². The minimum absolute atomic E-state index is 0.171. The van der Waals surface area contributed by atoms with Gasteiger partial charge in [-0.15, -0.1) is 0 Å². The Morgan fingerprint density at radius 1 is 0.793 bits per heavy atom. The van der Waals surface area contributed by atoms with Crippen LogP contribution < -0.4 is 5.73 Å². The van der Waals surface area contributed by atoms with Gasteiger partial charge < -0.3 is 29.1 Å². The summed E-state index contributed by atoms with van der Waals surface area (Å²) in [7, 11) is 1.40. The molecule has 4 rings (SSSR count). The molecule has 0 radical (unpaired) electrons. The van der Waals surface area contributed by atoms with Gasteiger partial charge in [-0.05, 0) is 49.9 Å². The summed E-state index contributed by atoms with van der Waals surface area (Å²) in [5, 5.41) is 11.9. The molecule has 1 aromatic carbocycles. The molecule has 0 saturated heterocycles. The number of fused-ring (bicyclic) bond motifs is 2. The zero-order chi connectivity index (χ0) is 42.3. The molecule has 0 spiro atoms. The molecule has 3 heterocycles. The summed E-state index contributed by atoms with van der Waals surface area (Å²) in [6.45, 7) is 4.83. The molecule has 0 fully saturated rings. The van der Waals surface area contributed by atoms with Gasteiger partial charge in [0.05, 0.1) is 37.1 Å². The van der Waals surface area contributed by atoms with Crippen molar-refractivity contribution in [2.45, 2.75) is 147 Å². The maximum atomic E-state index is 12.1. The van der Waals surface area contributed by atoms with Crippen LogP contribution in [0.1, 0.15) is 133 Å². The number of methoxy groups -OCH3 is 2. The van der Waals surface area contributed by atoms with Crippen LogP contribution in [0.2, 0.25) is 0 Å². The summed E-state index contributed by atoms with van der Waals surface area (Å²) in [5.41, 5.74) is 9.68. The molecular weight excluding hydrogens is 768 g/mol. The lowest BCUT2D eigenvalue weighted by atomic mass is 10.0. The zero-order valence-corrected chi connectivity index (χ0v) is 35.5. The third kappa shape index (κ3) is 22.6. The van der Waals surface area contributed by atoms with Gasteiger partial charge in [0.1, 0.15) is 11.8 Å². The molecular formula is C43H66F3N6O5P. The molecule has 0 aliphatic heterocycles. The second kappa shape index (κ2) is 31.5. The Morgan fingerprint density at radius 3 is 1.97 bits per heavy atom. The maximum Gasteiger partial charge on any atom is 0.389 e. The molecule has 0 bridgehead atoms. The number of benzene rings is 1. The normalized spacial score (nSPS) is 12.5. The summed E-state index contributed by atoms with van der Waals surface area (Å²) in [6.07, 6.45) is 16.8. The van der Waals surface area contributed by atoms with Crippen molar-refractivity contribution in [3.05, 3.63) is 66.2 Å². The fraction of sp³-hybridized carbons (Fsp3) is 0.628. The second-order valence-electron chi connectivity index (χ2n) is 14.3. The van der Waals surface area contributed by atoms with Gasteiger partial charge in [0.15, 0.2) is 5.82 Å². The van der Waals surface area contributed by atoms with Crippen molar-refractivity contribution < 1.29 is 36.6 Å². The molecule has 15 heteroatoms. The largest absolute Gasteiger partial charge is 0.389 e. The van der Waals surface area contributed by atoms with Gasteiger partial charge in [0.25, 0.3) is 0 Å². The van der Waals surface area contributed by atoms with Gasteiger partial charge in [-0.25, -0.2) is 14.8 Å². The Balaban J connectivity index is 0.000000642. The maximum absolute atomic E-state index is 12.1. The van der Waals surface area contributed by atoms with E-state index in [2.05, 4.69) is 33.8 Å². The first kappa shape index (κ1) is 50.7. The van der Waals surface area contributed by atoms with Crippen molar-refractivity contribution in [2.24, 2.45) is 0 Å². The summed E-state index contributed by atoms with van der Waals surface area (Å²) in [6, 6.07) is 16.0. The van der Waals surface area contributed by atoms with Gasteiger partial charge in [0.2, 0.25) is 0 Å². The van der Waals surface area contributed by atoms with Gasteiger partial charge in [-0.3, -0.25) is 4.98 Å². The Bertz CT molecular complexity index is 1650. The number of hydrogen-bond acceptors (Lipinski definition) is 10. The molecule has 0 saturated carbocycles. The van der Waals surface area contributed by atoms with E-state index in [0.717, 1.165) is 60.9 Å². The number of aromatic nitrogens is 4. The zero-order valence-electron chi connectivity index (χ0n) is 34.6. The van der Waals surface area contributed by atoms with E-state index in [0.29, 0.717) is 31.9 Å². The number of unbranched alkanes of at least 4 members (excludes halogenated alkanes) is 16. The van der Waals surface area contributed by atoms with E-state index >= 15 is 0 Å². The van der Waals surface area contributed by atoms with Crippen molar-refractivity contribution in [1.82, 2.24) is 19.6 Å². The Kier molecular flexibility index (Phi) is 27.5. The molecule has 2 unspecified atom stereocenters. The van der Waals surface area contributed by atoms with Crippen molar-refractivity contribution >= 4 is 30.8 Å². The first-order valence-corrected chi connectivity index (χ1v) is 21.8. The number of nitrogens with two attached hydrogens (primary N) is 1. The van der Waals surface area contributed by atoms with Crippen LogP contribution in [0.15, 0.2) is 54.9 Å². The molecule has 0 aliphatic rings. The summed E-state index contributed by atoms with van der Waals surface area (Å²) in [5.74, 6) is 0.446. The number of halogens is 3. The average Bonchev–Trinajstić information content (AvgIpc) is 3.65. The molecule has 3 N–H and O–H groups in total. The van der Waals surface area contributed by atoms with Gasteiger partial charge in [-0.2, -0.15) is 18.3 Å². The molecule has 58 heavy (non-hydrogen) atoms. The Labute approximate surface area is 344 Å². The van der Waals surface area contributed by atoms with Gasteiger partial charge in [-0.1, -0.05) is 121 Å². The quantitative estimate of drug-likeness (QED) is 0.0400. The topological polar surface area (TPSA) is 150 Å². The summed E-state index contributed by atoms with van der Waals surface area (Å²) >= 11 is 0. The third-order valence-electron chi connectivity index (χ3n) is 9.74. The van der Waals surface area contributed by atoms with E-state index in [9.17, 15) is 18.1 Å². The SMILES string of the molecule is C#N.COC(CCc1ccc2c(N)ncnn12)COP(O)OCCCCCCCCCCCCCCCCCCCC(F)(F)F.COCc1ccc2ccccc2n1. The van der Waals surface area contributed by atoms with Crippen molar-refractivity contribution in [3.63, 3.8) is 0 Å². The Hall–Kier alpha value is -3.44. The fourth-order valence-corrected chi connectivity index (χ4v) is 7.17. The van der Waals surface area contributed by atoms with Gasteiger partial charge >= 0.3 is 14.8 Å². The second-order valence-corrected chi connectivity index (χ2v) is 15.3. The van der Waals surface area contributed by atoms with E-state index in [-0.39, 0.29) is 19.1 Å². The van der Waals surface area contributed by atoms with Crippen molar-refractivity contribution in [3.8, 4) is 6.57 Å². The predicted molar refractivity (Wildman–Crippen MR) is 226 cm³/mol. The van der Waals surface area contributed by atoms with Crippen LogP contribution in [0.5, 0.6) is 0 Å². The van der Waals surface area contributed by atoms with Crippen LogP contribution in [0.25, 0.3) is 16.4 Å².